The first kappa shape index (κ1) is 15.6. The van der Waals surface area contributed by atoms with Crippen LogP contribution in [0.25, 0.3) is 0 Å². The highest BCUT2D eigenvalue weighted by molar-refractivity contribution is 9.11. The quantitative estimate of drug-likeness (QED) is 0.804. The number of rotatable bonds is 3. The number of aromatic carboxylic acids is 1. The maximum Gasteiger partial charge on any atom is 0.337 e. The van der Waals surface area contributed by atoms with Crippen LogP contribution in [0.15, 0.2) is 33.5 Å². The number of aryl methyl sites for hydroxylation is 1. The minimum absolute atomic E-state index is 0.0373. The van der Waals surface area contributed by atoms with Crippen LogP contribution in [0.1, 0.15) is 26.5 Å². The van der Waals surface area contributed by atoms with Gasteiger partial charge in [-0.15, -0.1) is 0 Å². The van der Waals surface area contributed by atoms with Gasteiger partial charge in [0.1, 0.15) is 5.69 Å². The third kappa shape index (κ3) is 3.64. The Morgan fingerprint density at radius 2 is 1.90 bits per heavy atom. The van der Waals surface area contributed by atoms with Crippen molar-refractivity contribution in [1.29, 1.82) is 0 Å². The Labute approximate surface area is 136 Å². The molecule has 8 heteroatoms. The zero-order valence-electron chi connectivity index (χ0n) is 10.7. The van der Waals surface area contributed by atoms with Gasteiger partial charge in [-0.1, -0.05) is 15.9 Å². The van der Waals surface area contributed by atoms with Crippen molar-refractivity contribution in [3.8, 4) is 0 Å². The summed E-state index contributed by atoms with van der Waals surface area (Å²) in [5.74, 6) is -1.68. The van der Waals surface area contributed by atoms with Gasteiger partial charge in [0.05, 0.1) is 23.1 Å². The lowest BCUT2D eigenvalue weighted by atomic mass is 10.1. The van der Waals surface area contributed by atoms with Crippen molar-refractivity contribution in [3.05, 3.63) is 50.4 Å². The summed E-state index contributed by atoms with van der Waals surface area (Å²) in [7, 11) is 0. The Balaban J connectivity index is 2.37. The van der Waals surface area contributed by atoms with E-state index in [1.165, 1.54) is 18.5 Å². The lowest BCUT2D eigenvalue weighted by Gasteiger charge is -2.11. The van der Waals surface area contributed by atoms with E-state index in [1.807, 2.05) is 0 Å². The minimum atomic E-state index is -1.15. The van der Waals surface area contributed by atoms with E-state index in [0.29, 0.717) is 14.6 Å². The Morgan fingerprint density at radius 3 is 2.48 bits per heavy atom. The van der Waals surface area contributed by atoms with Crippen LogP contribution in [0.2, 0.25) is 0 Å². The zero-order valence-corrected chi connectivity index (χ0v) is 13.9. The predicted octanol–water partition coefficient (Wildman–Crippen LogP) is 3.26. The molecule has 0 aliphatic carbocycles. The van der Waals surface area contributed by atoms with Crippen LogP contribution >= 0.6 is 31.9 Å². The number of anilines is 1. The topological polar surface area (TPSA) is 92.2 Å². The second kappa shape index (κ2) is 6.31. The van der Waals surface area contributed by atoms with Crippen LogP contribution in [-0.4, -0.2) is 27.0 Å². The molecule has 1 amide bonds. The van der Waals surface area contributed by atoms with Crippen LogP contribution in [-0.2, 0) is 0 Å². The number of nitrogens with zero attached hydrogens (tertiary/aromatic N) is 2. The number of carboxylic acid groups (broad SMARTS) is 1. The van der Waals surface area contributed by atoms with Crippen LogP contribution in [0, 0.1) is 6.92 Å². The molecule has 0 spiro atoms. The highest BCUT2D eigenvalue weighted by atomic mass is 79.9. The smallest absolute Gasteiger partial charge is 0.337 e. The number of nitrogens with one attached hydrogen (secondary N) is 1. The zero-order chi connectivity index (χ0) is 15.6. The molecule has 2 rings (SSSR count). The fourth-order valence-electron chi connectivity index (χ4n) is 1.56. The summed E-state index contributed by atoms with van der Waals surface area (Å²) in [5.41, 5.74) is 0.914. The highest BCUT2D eigenvalue weighted by Gasteiger charge is 2.18. The molecule has 0 bridgehead atoms. The Bertz CT molecular complexity index is 717. The number of carboxylic acids is 1. The lowest BCUT2D eigenvalue weighted by molar-refractivity contribution is 0.0698. The average molecular weight is 415 g/mol. The van der Waals surface area contributed by atoms with Gasteiger partial charge in [-0.05, 0) is 35.0 Å². The van der Waals surface area contributed by atoms with Gasteiger partial charge in [-0.2, -0.15) is 0 Å². The van der Waals surface area contributed by atoms with E-state index in [0.717, 1.165) is 0 Å². The number of hydrogen-bond acceptors (Lipinski definition) is 4. The SMILES string of the molecule is Cc1cnc(C(=O)Nc2c(Br)cc(Br)cc2C(=O)O)cn1. The number of carbonyl (C=O) groups excluding carboxylic acids is 1. The largest absolute Gasteiger partial charge is 0.478 e. The van der Waals surface area contributed by atoms with E-state index in [2.05, 4.69) is 47.1 Å². The molecule has 0 atom stereocenters. The van der Waals surface area contributed by atoms with Crippen LogP contribution in [0.4, 0.5) is 5.69 Å². The Morgan fingerprint density at radius 1 is 1.19 bits per heavy atom. The summed E-state index contributed by atoms with van der Waals surface area (Å²) < 4.78 is 1.03. The van der Waals surface area contributed by atoms with Gasteiger partial charge in [-0.25, -0.2) is 9.78 Å². The van der Waals surface area contributed by atoms with Crippen molar-refractivity contribution in [1.82, 2.24) is 9.97 Å². The van der Waals surface area contributed by atoms with E-state index in [1.54, 1.807) is 13.0 Å². The molecule has 0 saturated carbocycles. The van der Waals surface area contributed by atoms with Gasteiger partial charge in [-0.3, -0.25) is 9.78 Å². The van der Waals surface area contributed by atoms with E-state index in [4.69, 9.17) is 0 Å². The standard InChI is InChI=1S/C13H9Br2N3O3/c1-6-4-17-10(5-16-6)12(19)18-11-8(13(20)21)2-7(14)3-9(11)15/h2-5H,1H3,(H,18,19)(H,20,21). The fourth-order valence-corrected chi connectivity index (χ4v) is 2.88. The molecule has 0 saturated heterocycles. The maximum absolute atomic E-state index is 12.1. The molecule has 0 fully saturated rings. The molecular formula is C13H9Br2N3O3. The predicted molar refractivity (Wildman–Crippen MR) is 83.5 cm³/mol. The fraction of sp³-hybridized carbons (Fsp3) is 0.0769. The summed E-state index contributed by atoms with van der Waals surface area (Å²) >= 11 is 6.44. The highest BCUT2D eigenvalue weighted by Crippen LogP contribution is 2.31. The molecular weight excluding hydrogens is 406 g/mol. The van der Waals surface area contributed by atoms with Crippen molar-refractivity contribution in [3.63, 3.8) is 0 Å². The first-order valence-electron chi connectivity index (χ1n) is 5.71. The van der Waals surface area contributed by atoms with Gasteiger partial charge < -0.3 is 10.4 Å². The molecule has 108 valence electrons. The summed E-state index contributed by atoms with van der Waals surface area (Å²) in [6.45, 7) is 1.75. The Hall–Kier alpha value is -1.80. The molecule has 2 N–H and O–H groups in total. The van der Waals surface area contributed by atoms with Crippen molar-refractivity contribution >= 4 is 49.4 Å². The van der Waals surface area contributed by atoms with Crippen molar-refractivity contribution < 1.29 is 14.7 Å². The minimum Gasteiger partial charge on any atom is -0.478 e. The van der Waals surface area contributed by atoms with E-state index in [-0.39, 0.29) is 16.9 Å². The molecule has 1 aromatic carbocycles. The van der Waals surface area contributed by atoms with Gasteiger partial charge in [0.25, 0.3) is 5.91 Å². The normalized spacial score (nSPS) is 10.2. The summed E-state index contributed by atoms with van der Waals surface area (Å²) in [6.07, 6.45) is 2.79. The molecule has 6 nitrogen and oxygen atoms in total. The second-order valence-corrected chi connectivity index (χ2v) is 5.88. The number of aromatic nitrogens is 2. The van der Waals surface area contributed by atoms with Gasteiger partial charge in [0.15, 0.2) is 0 Å². The number of halogens is 2. The van der Waals surface area contributed by atoms with Gasteiger partial charge >= 0.3 is 5.97 Å². The lowest BCUT2D eigenvalue weighted by Crippen LogP contribution is -2.17. The molecule has 0 radical (unpaired) electrons. The molecule has 1 heterocycles. The summed E-state index contributed by atoms with van der Waals surface area (Å²) in [6, 6.07) is 3.05. The maximum atomic E-state index is 12.1. The first-order valence-corrected chi connectivity index (χ1v) is 7.29. The molecule has 21 heavy (non-hydrogen) atoms. The summed E-state index contributed by atoms with van der Waals surface area (Å²) in [5, 5.41) is 11.7. The van der Waals surface area contributed by atoms with E-state index in [9.17, 15) is 14.7 Å². The summed E-state index contributed by atoms with van der Waals surface area (Å²) in [4.78, 5) is 31.3. The Kier molecular flexibility index (Phi) is 4.69. The van der Waals surface area contributed by atoms with Crippen LogP contribution in [0.3, 0.4) is 0 Å². The molecule has 0 unspecified atom stereocenters. The second-order valence-electron chi connectivity index (χ2n) is 4.11. The van der Waals surface area contributed by atoms with Crippen molar-refractivity contribution in [2.24, 2.45) is 0 Å². The number of carbonyl (C=O) groups is 2. The third-order valence-electron chi connectivity index (χ3n) is 2.54. The number of amides is 1. The van der Waals surface area contributed by atoms with Crippen molar-refractivity contribution in [2.75, 3.05) is 5.32 Å². The van der Waals surface area contributed by atoms with E-state index < -0.39 is 11.9 Å². The van der Waals surface area contributed by atoms with Gasteiger partial charge in [0.2, 0.25) is 0 Å². The number of hydrogen-bond donors (Lipinski definition) is 2. The monoisotopic (exact) mass is 413 g/mol. The molecule has 0 aliphatic rings. The molecule has 0 aliphatic heterocycles. The van der Waals surface area contributed by atoms with Gasteiger partial charge in [0, 0.05) is 15.1 Å². The third-order valence-corrected chi connectivity index (χ3v) is 3.62. The van der Waals surface area contributed by atoms with Crippen molar-refractivity contribution in [2.45, 2.75) is 6.92 Å². The first-order chi connectivity index (χ1) is 9.88. The average Bonchev–Trinajstić information content (AvgIpc) is 2.41. The molecule has 2 aromatic rings. The van der Waals surface area contributed by atoms with E-state index >= 15 is 0 Å². The van der Waals surface area contributed by atoms with Crippen LogP contribution in [0.5, 0.6) is 0 Å². The number of benzene rings is 1. The molecule has 1 aromatic heterocycles. The van der Waals surface area contributed by atoms with Crippen LogP contribution < -0.4 is 5.32 Å².